The van der Waals surface area contributed by atoms with Crippen molar-refractivity contribution in [2.24, 2.45) is 0 Å². The monoisotopic (exact) mass is 392 g/mol. The van der Waals surface area contributed by atoms with Gasteiger partial charge in [0, 0.05) is 30.9 Å². The molecule has 2 aromatic carbocycles. The van der Waals surface area contributed by atoms with Gasteiger partial charge in [-0.25, -0.2) is 12.8 Å². The number of para-hydroxylation sites is 1. The minimum Gasteiger partial charge on any atom is -0.379 e. The Labute approximate surface area is 158 Å². The van der Waals surface area contributed by atoms with Crippen LogP contribution in [0.2, 0.25) is 0 Å². The average molecular weight is 392 g/mol. The molecule has 0 aromatic heterocycles. The molecule has 1 aliphatic heterocycles. The summed E-state index contributed by atoms with van der Waals surface area (Å²) in [5, 5.41) is 0. The molecule has 3 rings (SSSR count). The minimum atomic E-state index is -4.04. The van der Waals surface area contributed by atoms with Gasteiger partial charge >= 0.3 is 0 Å². The highest BCUT2D eigenvalue weighted by Gasteiger charge is 2.30. The first kappa shape index (κ1) is 19.5. The summed E-state index contributed by atoms with van der Waals surface area (Å²) in [4.78, 5) is 13.9. The fourth-order valence-electron chi connectivity index (χ4n) is 2.97. The Kier molecular flexibility index (Phi) is 5.88. The highest BCUT2D eigenvalue weighted by molar-refractivity contribution is 7.89. The maximum atomic E-state index is 14.3. The van der Waals surface area contributed by atoms with Crippen LogP contribution in [-0.4, -0.2) is 51.5 Å². The Morgan fingerprint density at radius 3 is 2.44 bits per heavy atom. The summed E-state index contributed by atoms with van der Waals surface area (Å²) in [5.41, 5.74) is 0.806. The molecule has 1 saturated heterocycles. The van der Waals surface area contributed by atoms with Crippen LogP contribution >= 0.6 is 0 Å². The molecule has 0 bridgehead atoms. The molecule has 0 radical (unpaired) electrons. The van der Waals surface area contributed by atoms with Crippen molar-refractivity contribution in [1.29, 1.82) is 0 Å². The van der Waals surface area contributed by atoms with E-state index in [1.165, 1.54) is 15.3 Å². The van der Waals surface area contributed by atoms with E-state index in [0.29, 0.717) is 12.2 Å². The molecular formula is C19H21FN2O4S. The Morgan fingerprint density at radius 1 is 1.15 bits per heavy atom. The lowest BCUT2D eigenvalue weighted by atomic mass is 10.1. The van der Waals surface area contributed by atoms with Gasteiger partial charge in [-0.1, -0.05) is 18.2 Å². The van der Waals surface area contributed by atoms with Crippen molar-refractivity contribution < 1.29 is 22.3 Å². The predicted molar refractivity (Wildman–Crippen MR) is 99.8 cm³/mol. The van der Waals surface area contributed by atoms with Crippen LogP contribution in [-0.2, 0) is 14.8 Å². The van der Waals surface area contributed by atoms with E-state index < -0.39 is 20.7 Å². The van der Waals surface area contributed by atoms with Gasteiger partial charge in [-0.15, -0.1) is 0 Å². The molecule has 0 N–H and O–H groups in total. The summed E-state index contributed by atoms with van der Waals surface area (Å²) in [7, 11) is -4.04. The van der Waals surface area contributed by atoms with Crippen LogP contribution in [0.3, 0.4) is 0 Å². The number of benzene rings is 2. The van der Waals surface area contributed by atoms with Crippen LogP contribution in [0.4, 0.5) is 10.1 Å². The van der Waals surface area contributed by atoms with Gasteiger partial charge in [0.15, 0.2) is 0 Å². The van der Waals surface area contributed by atoms with Crippen molar-refractivity contribution in [1.82, 2.24) is 4.31 Å². The highest BCUT2D eigenvalue weighted by atomic mass is 32.2. The molecule has 0 atom stereocenters. The van der Waals surface area contributed by atoms with Gasteiger partial charge in [0.25, 0.3) is 5.91 Å². The number of amides is 1. The summed E-state index contributed by atoms with van der Waals surface area (Å²) in [6.07, 6.45) is 0. The predicted octanol–water partition coefficient (Wildman–Crippen LogP) is 2.51. The molecule has 144 valence electrons. The molecule has 1 fully saturated rings. The van der Waals surface area contributed by atoms with Crippen molar-refractivity contribution in [3.63, 3.8) is 0 Å². The summed E-state index contributed by atoms with van der Waals surface area (Å²) < 4.78 is 46.3. The molecule has 0 saturated carbocycles. The number of morpholine rings is 1. The molecule has 27 heavy (non-hydrogen) atoms. The number of anilines is 1. The molecule has 8 heteroatoms. The van der Waals surface area contributed by atoms with Gasteiger partial charge in [0.05, 0.1) is 13.2 Å². The first-order valence-corrected chi connectivity index (χ1v) is 10.1. The van der Waals surface area contributed by atoms with E-state index in [2.05, 4.69) is 0 Å². The number of sulfonamides is 1. The van der Waals surface area contributed by atoms with E-state index in [4.69, 9.17) is 4.74 Å². The maximum Gasteiger partial charge on any atom is 0.258 e. The fraction of sp³-hybridized carbons (Fsp3) is 0.316. The fourth-order valence-corrected chi connectivity index (χ4v) is 4.47. The topological polar surface area (TPSA) is 66.9 Å². The number of ether oxygens (including phenoxy) is 1. The summed E-state index contributed by atoms with van der Waals surface area (Å²) in [6.45, 7) is 3.05. The highest BCUT2D eigenvalue weighted by Crippen LogP contribution is 2.24. The number of hydrogen-bond donors (Lipinski definition) is 0. The molecule has 0 spiro atoms. The minimum absolute atomic E-state index is 0.119. The molecule has 0 aliphatic carbocycles. The molecular weight excluding hydrogens is 371 g/mol. The summed E-state index contributed by atoms with van der Waals surface area (Å²) >= 11 is 0. The van der Waals surface area contributed by atoms with E-state index in [1.54, 1.807) is 12.1 Å². The SMILES string of the molecule is CCN(C(=O)c1ccc(F)c(S(=O)(=O)N2CCOCC2)c1)c1ccccc1. The van der Waals surface area contributed by atoms with Crippen molar-refractivity contribution in [2.45, 2.75) is 11.8 Å². The lowest BCUT2D eigenvalue weighted by Crippen LogP contribution is -2.41. The number of carbonyl (C=O) groups excluding carboxylic acids is 1. The first-order valence-electron chi connectivity index (χ1n) is 8.69. The Bertz CT molecular complexity index is 913. The van der Waals surface area contributed by atoms with Crippen LogP contribution < -0.4 is 4.90 Å². The average Bonchev–Trinajstić information content (AvgIpc) is 2.70. The molecule has 1 amide bonds. The normalized spacial score (nSPS) is 15.5. The second-order valence-corrected chi connectivity index (χ2v) is 7.95. The largest absolute Gasteiger partial charge is 0.379 e. The standard InChI is InChI=1S/C19H21FN2O4S/c1-2-22(16-6-4-3-5-7-16)19(23)15-8-9-17(20)18(14-15)27(24,25)21-10-12-26-13-11-21/h3-9,14H,2,10-13H2,1H3. The van der Waals surface area contributed by atoms with Crippen LogP contribution in [0.15, 0.2) is 53.4 Å². The van der Waals surface area contributed by atoms with E-state index in [1.807, 2.05) is 25.1 Å². The van der Waals surface area contributed by atoms with Crippen LogP contribution in [0.5, 0.6) is 0 Å². The van der Waals surface area contributed by atoms with Gasteiger partial charge in [0.1, 0.15) is 10.7 Å². The number of carbonyl (C=O) groups is 1. The zero-order chi connectivity index (χ0) is 19.4. The number of nitrogens with zero attached hydrogens (tertiary/aromatic N) is 2. The van der Waals surface area contributed by atoms with Crippen molar-refractivity contribution in [3.8, 4) is 0 Å². The number of hydrogen-bond acceptors (Lipinski definition) is 4. The quantitative estimate of drug-likeness (QED) is 0.784. The van der Waals surface area contributed by atoms with Gasteiger partial charge in [-0.3, -0.25) is 4.79 Å². The molecule has 6 nitrogen and oxygen atoms in total. The van der Waals surface area contributed by atoms with Gasteiger partial charge < -0.3 is 9.64 Å². The molecule has 1 aliphatic rings. The van der Waals surface area contributed by atoms with Gasteiger partial charge in [0.2, 0.25) is 10.0 Å². The lowest BCUT2D eigenvalue weighted by Gasteiger charge is -2.26. The lowest BCUT2D eigenvalue weighted by molar-refractivity contribution is 0.0729. The van der Waals surface area contributed by atoms with E-state index in [-0.39, 0.29) is 37.8 Å². The zero-order valence-electron chi connectivity index (χ0n) is 15.0. The third-order valence-electron chi connectivity index (χ3n) is 4.40. The maximum absolute atomic E-state index is 14.3. The Balaban J connectivity index is 1.96. The van der Waals surface area contributed by atoms with Crippen molar-refractivity contribution >= 4 is 21.6 Å². The van der Waals surface area contributed by atoms with Crippen LogP contribution in [0.1, 0.15) is 17.3 Å². The second-order valence-electron chi connectivity index (χ2n) is 6.05. The molecule has 0 unspecified atom stereocenters. The third kappa shape index (κ3) is 4.02. The Hall–Kier alpha value is -2.29. The number of rotatable bonds is 5. The zero-order valence-corrected chi connectivity index (χ0v) is 15.8. The number of halogens is 1. The first-order chi connectivity index (χ1) is 12.9. The third-order valence-corrected chi connectivity index (χ3v) is 6.31. The van der Waals surface area contributed by atoms with E-state index >= 15 is 0 Å². The van der Waals surface area contributed by atoms with Crippen molar-refractivity contribution in [3.05, 3.63) is 59.9 Å². The van der Waals surface area contributed by atoms with Crippen molar-refractivity contribution in [2.75, 3.05) is 37.7 Å². The summed E-state index contributed by atoms with van der Waals surface area (Å²) in [5.74, 6) is -1.26. The molecule has 2 aromatic rings. The Morgan fingerprint density at radius 2 is 1.81 bits per heavy atom. The molecule has 1 heterocycles. The van der Waals surface area contributed by atoms with Crippen LogP contribution in [0, 0.1) is 5.82 Å². The van der Waals surface area contributed by atoms with Crippen LogP contribution in [0.25, 0.3) is 0 Å². The smallest absolute Gasteiger partial charge is 0.258 e. The van der Waals surface area contributed by atoms with Gasteiger partial charge in [-0.05, 0) is 37.3 Å². The van der Waals surface area contributed by atoms with E-state index in [0.717, 1.165) is 12.1 Å². The van der Waals surface area contributed by atoms with Gasteiger partial charge in [-0.2, -0.15) is 4.31 Å². The second kappa shape index (κ2) is 8.16. The summed E-state index contributed by atoms with van der Waals surface area (Å²) in [6, 6.07) is 12.5. The van der Waals surface area contributed by atoms with E-state index in [9.17, 15) is 17.6 Å².